The molecule has 4 aliphatic carbocycles. The zero-order valence-electron chi connectivity index (χ0n) is 48.1. The van der Waals surface area contributed by atoms with Gasteiger partial charge in [-0.2, -0.15) is 8.42 Å². The number of ketones is 1. The molecule has 0 aromatic carbocycles. The van der Waals surface area contributed by atoms with Gasteiger partial charge in [0, 0.05) is 12.8 Å². The van der Waals surface area contributed by atoms with Crippen molar-refractivity contribution in [3.63, 3.8) is 0 Å². The van der Waals surface area contributed by atoms with Crippen molar-refractivity contribution in [2.45, 2.75) is 272 Å². The fourth-order valence-electron chi connectivity index (χ4n) is 15.5. The van der Waals surface area contributed by atoms with Crippen molar-refractivity contribution >= 4 is 16.2 Å². The molecule has 0 spiro atoms. The van der Waals surface area contributed by atoms with Gasteiger partial charge in [-0.05, 0) is 113 Å². The van der Waals surface area contributed by atoms with E-state index in [1.54, 1.807) is 6.92 Å². The van der Waals surface area contributed by atoms with Crippen LogP contribution in [-0.2, 0) is 66.7 Å². The lowest BCUT2D eigenvalue weighted by atomic mass is 9.47. The molecule has 0 aromatic heterocycles. The zero-order chi connectivity index (χ0) is 60.7. The first kappa shape index (κ1) is 65.8. The van der Waals surface area contributed by atoms with E-state index in [-0.39, 0.29) is 48.7 Å². The summed E-state index contributed by atoms with van der Waals surface area (Å²) >= 11 is 0. The van der Waals surface area contributed by atoms with Gasteiger partial charge in [-0.25, -0.2) is 4.18 Å². The fourth-order valence-corrected chi connectivity index (χ4v) is 16.0. The summed E-state index contributed by atoms with van der Waals surface area (Å²) in [5.74, 6) is -0.731. The summed E-state index contributed by atoms with van der Waals surface area (Å²) in [7, 11) is -4.87. The van der Waals surface area contributed by atoms with Gasteiger partial charge in [0.05, 0.1) is 49.3 Å². The number of carbonyl (C=O) groups excluding carboxylic acids is 1. The van der Waals surface area contributed by atoms with Crippen LogP contribution in [0.5, 0.6) is 0 Å². The quantitative estimate of drug-likeness (QED) is 0.0551. The lowest BCUT2D eigenvalue weighted by Crippen LogP contribution is -2.66. The van der Waals surface area contributed by atoms with Crippen LogP contribution >= 0.6 is 0 Å². The maximum Gasteiger partial charge on any atom is 0.397 e. The van der Waals surface area contributed by atoms with Crippen LogP contribution in [-0.4, -0.2) is 252 Å². The van der Waals surface area contributed by atoms with Crippen LogP contribution in [0.4, 0.5) is 0 Å². The van der Waals surface area contributed by atoms with Gasteiger partial charge in [-0.1, -0.05) is 39.3 Å². The minimum atomic E-state index is -4.87. The molecule has 5 saturated heterocycles. The molecule has 3 saturated carbocycles. The van der Waals surface area contributed by atoms with E-state index in [4.69, 9.17) is 51.6 Å². The number of Topliss-reactive ketones (excluding diaryl/α,β-unsaturated/α-hetero) is 1. The van der Waals surface area contributed by atoms with E-state index in [2.05, 4.69) is 19.9 Å². The van der Waals surface area contributed by atoms with E-state index in [0.717, 1.165) is 12.0 Å². The predicted octanol–water partition coefficient (Wildman–Crippen LogP) is -2.04. The number of aliphatic hydroxyl groups is 12. The Bertz CT molecular complexity index is 2370. The first-order chi connectivity index (χ1) is 38.7. The van der Waals surface area contributed by atoms with Crippen molar-refractivity contribution in [1.29, 1.82) is 0 Å². The number of hydrogen-bond donors (Lipinski definition) is 13. The molecule has 8 fully saturated rings. The SMILES string of the molecule is CC(C)CC(=O)C[C@](C)(O)[C@H]1CCC2C3C[C@H](O[C@@H]4OC(C)[C@@H](O)C(O[C@@H]5OC[C@@H](O[C@@H]6OC[C@H](O)C(O)C6OC6OC(C)[C@H](O)C(O)[C@@H]6O)C(O)C5O[C@@H]5OC(C)[C@@H](O)C(O)C5O)C4O)C4C[C@@H](OS(=O)(=O)O)CC[C@]4(C)C3=CC[C@@]21C. The number of ether oxygens (including phenoxy) is 10. The topological polar surface area (TPSA) is 416 Å². The average molecular weight is 1220 g/mol. The molecule has 5 heterocycles. The smallest absolute Gasteiger partial charge is 0.389 e. The third kappa shape index (κ3) is 13.2. The number of carbonyl (C=O) groups is 1. The molecule has 5 aliphatic heterocycles. The largest absolute Gasteiger partial charge is 0.397 e. The van der Waals surface area contributed by atoms with E-state index in [0.29, 0.717) is 32.1 Å². The normalized spacial score (nSPS) is 51.3. The Morgan fingerprint density at radius 1 is 0.639 bits per heavy atom. The zero-order valence-corrected chi connectivity index (χ0v) is 48.9. The number of hydrogen-bond acceptors (Lipinski definition) is 26. The highest BCUT2D eigenvalue weighted by Gasteiger charge is 2.64. The second-order valence-electron chi connectivity index (χ2n) is 26.2. The van der Waals surface area contributed by atoms with Crippen molar-refractivity contribution in [2.75, 3.05) is 13.2 Å². The maximum absolute atomic E-state index is 13.2. The molecule has 9 rings (SSSR count). The molecule has 13 N–H and O–H groups in total. The van der Waals surface area contributed by atoms with Crippen molar-refractivity contribution < 1.29 is 131 Å². The lowest BCUT2D eigenvalue weighted by molar-refractivity contribution is -0.394. The number of fused-ring (bicyclic) bond motifs is 5. The standard InChI is InChI=1S/C55H90O27S/c1-21(2)15-25(56)18-55(8,68)34-10-9-28-27-17-32(30-16-26(82-83(69,70)71)11-13-53(30,6)29(27)12-14-54(28,34)7)77-50-44(67)45(37(60)24(5)76-50)79-52-47(81-49-43(66)41(64)36(59)23(4)75-49)39(62)33(20-73-52)78-51-46(38(61)31(57)19-72-51)80-48-42(65)40(63)35(58)22(3)74-48/h12,21-24,26-28,30-52,57-68H,9-11,13-20H2,1-8H3,(H,69,70,71)/t22?,23?,24?,26-,27?,28?,30?,31-,32-,33+,34-,35-,36+,37+,38?,39?,40?,41?,42-,43?,44?,45?,46?,47?,48?,49-,50-,51-,52-,53+,54-,55-/m0/s1. The van der Waals surface area contributed by atoms with Crippen LogP contribution in [0.1, 0.15) is 113 Å². The van der Waals surface area contributed by atoms with Crippen LogP contribution in [0, 0.1) is 40.4 Å². The molecule has 478 valence electrons. The molecular weight excluding hydrogens is 1120 g/mol. The van der Waals surface area contributed by atoms with Crippen molar-refractivity contribution in [3.05, 3.63) is 11.6 Å². The molecule has 0 amide bonds. The minimum Gasteiger partial charge on any atom is -0.389 e. The number of rotatable bonds is 17. The Hall–Kier alpha value is -1.60. The van der Waals surface area contributed by atoms with Gasteiger partial charge in [0.2, 0.25) is 0 Å². The number of allylic oxidation sites excluding steroid dienone is 2. The highest BCUT2D eigenvalue weighted by molar-refractivity contribution is 7.80. The summed E-state index contributed by atoms with van der Waals surface area (Å²) in [5.41, 5.74) is -1.21. The molecule has 27 nitrogen and oxygen atoms in total. The van der Waals surface area contributed by atoms with Gasteiger partial charge < -0.3 is 109 Å². The molecule has 32 atom stereocenters. The molecular formula is C55H90O27S. The van der Waals surface area contributed by atoms with Gasteiger partial charge in [-0.15, -0.1) is 0 Å². The summed E-state index contributed by atoms with van der Waals surface area (Å²) in [6.07, 6.45) is -33.9. The summed E-state index contributed by atoms with van der Waals surface area (Å²) in [5, 5.41) is 134. The molecule has 0 bridgehead atoms. The summed E-state index contributed by atoms with van der Waals surface area (Å²) in [6.45, 7) is 13.1. The Morgan fingerprint density at radius 3 is 1.76 bits per heavy atom. The number of aliphatic hydroxyl groups excluding tert-OH is 11. The Kier molecular flexibility index (Phi) is 20.1. The maximum atomic E-state index is 13.2. The molecule has 0 aromatic rings. The predicted molar refractivity (Wildman–Crippen MR) is 280 cm³/mol. The molecule has 9 aliphatic rings. The van der Waals surface area contributed by atoms with Crippen LogP contribution < -0.4 is 0 Å². The Morgan fingerprint density at radius 2 is 1.17 bits per heavy atom. The third-order valence-corrected chi connectivity index (χ3v) is 20.4. The molecule has 0 radical (unpaired) electrons. The van der Waals surface area contributed by atoms with E-state index in [1.807, 2.05) is 13.8 Å². The monoisotopic (exact) mass is 1210 g/mol. The Labute approximate surface area is 482 Å². The van der Waals surface area contributed by atoms with Gasteiger partial charge in [-0.3, -0.25) is 9.35 Å². The second kappa shape index (κ2) is 25.4. The first-order valence-electron chi connectivity index (χ1n) is 29.3. The fraction of sp³-hybridized carbons (Fsp3) is 0.945. The Balaban J connectivity index is 0.972. The highest BCUT2D eigenvalue weighted by atomic mass is 32.3. The van der Waals surface area contributed by atoms with E-state index in [9.17, 15) is 79.0 Å². The highest BCUT2D eigenvalue weighted by Crippen LogP contribution is 2.67. The van der Waals surface area contributed by atoms with E-state index in [1.165, 1.54) is 20.8 Å². The third-order valence-electron chi connectivity index (χ3n) is 19.9. The van der Waals surface area contributed by atoms with Crippen LogP contribution in [0.2, 0.25) is 0 Å². The summed E-state index contributed by atoms with van der Waals surface area (Å²) in [4.78, 5) is 13.2. The summed E-state index contributed by atoms with van der Waals surface area (Å²) < 4.78 is 100. The lowest BCUT2D eigenvalue weighted by Gasteiger charge is -2.60. The molecule has 28 heteroatoms. The van der Waals surface area contributed by atoms with Gasteiger partial charge >= 0.3 is 10.4 Å². The average Bonchev–Trinajstić information content (AvgIpc) is 1.90. The van der Waals surface area contributed by atoms with E-state index < -0.39 is 199 Å². The van der Waals surface area contributed by atoms with Crippen molar-refractivity contribution in [3.8, 4) is 0 Å². The first-order valence-corrected chi connectivity index (χ1v) is 30.7. The van der Waals surface area contributed by atoms with E-state index >= 15 is 0 Å². The second-order valence-corrected chi connectivity index (χ2v) is 27.3. The van der Waals surface area contributed by atoms with Gasteiger partial charge in [0.1, 0.15) is 97.3 Å². The van der Waals surface area contributed by atoms with Gasteiger partial charge in [0.15, 0.2) is 31.5 Å². The summed E-state index contributed by atoms with van der Waals surface area (Å²) in [6, 6.07) is 0. The van der Waals surface area contributed by atoms with Crippen molar-refractivity contribution in [2.24, 2.45) is 40.4 Å². The molecule has 83 heavy (non-hydrogen) atoms. The van der Waals surface area contributed by atoms with Crippen molar-refractivity contribution in [1.82, 2.24) is 0 Å². The molecule has 16 unspecified atom stereocenters. The van der Waals surface area contributed by atoms with Crippen LogP contribution in [0.3, 0.4) is 0 Å². The minimum absolute atomic E-state index is 0.00824. The van der Waals surface area contributed by atoms with Crippen LogP contribution in [0.25, 0.3) is 0 Å². The van der Waals surface area contributed by atoms with Crippen LogP contribution in [0.15, 0.2) is 11.6 Å². The van der Waals surface area contributed by atoms with Gasteiger partial charge in [0.25, 0.3) is 0 Å².